The SMILES string of the molecule is OC(c1ccccc1)(c1ccccc1)[C]12[CH]3[CH]4[CH]5[C]1(C(O)(c1ccccc1)c1ccccc1)[Fe]43521678[CH]2[CH]1[CH]6[CH]7[CH]28. The zero-order valence-electron chi connectivity index (χ0n) is 21.4. The van der Waals surface area contributed by atoms with E-state index in [4.69, 9.17) is 0 Å². The predicted octanol–water partition coefficient (Wildman–Crippen LogP) is 7.99. The molecule has 0 aliphatic carbocycles. The Morgan fingerprint density at radius 3 is 0.872 bits per heavy atom. The molecule has 2 N–H and O–H groups in total. The van der Waals surface area contributed by atoms with Crippen LogP contribution in [0.2, 0.25) is 47.2 Å². The molecule has 0 bridgehead atoms. The van der Waals surface area contributed by atoms with E-state index in [9.17, 15) is 10.2 Å². The molecule has 4 aromatic rings. The van der Waals surface area contributed by atoms with Crippen LogP contribution < -0.4 is 0 Å². The monoisotopic (exact) mass is 550 g/mol. The zero-order chi connectivity index (χ0) is 25.4. The number of fused-ring (bicyclic) bond motifs is 10. The Bertz CT molecular complexity index is 2000. The third kappa shape index (κ3) is 0.441. The summed E-state index contributed by atoms with van der Waals surface area (Å²) < 4.78 is -0.301. The molecule has 10 heterocycles. The van der Waals surface area contributed by atoms with Gasteiger partial charge in [-0.25, -0.2) is 0 Å². The Labute approximate surface area is 218 Å². The van der Waals surface area contributed by atoms with Crippen molar-refractivity contribution in [2.45, 2.75) is 58.4 Å². The van der Waals surface area contributed by atoms with Crippen molar-refractivity contribution in [1.82, 2.24) is 0 Å². The van der Waals surface area contributed by atoms with Gasteiger partial charge in [-0.3, -0.25) is 0 Å². The molecule has 4 atom stereocenters. The van der Waals surface area contributed by atoms with E-state index in [2.05, 4.69) is 121 Å². The Balaban J connectivity index is 1.21. The molecule has 194 valence electrons. The van der Waals surface area contributed by atoms with Crippen molar-refractivity contribution < 1.29 is 16.7 Å². The summed E-state index contributed by atoms with van der Waals surface area (Å²) in [5, 5.41) is 27.8. The predicted molar refractivity (Wildman–Crippen MR) is 147 cm³/mol. The average Bonchev–Trinajstić information content (AvgIpc) is 3.96. The van der Waals surface area contributed by atoms with E-state index in [0.29, 0.717) is 0 Å². The number of benzene rings is 4. The van der Waals surface area contributed by atoms with E-state index in [1.165, 1.54) is 0 Å². The minimum atomic E-state index is -4.57. The second-order valence-electron chi connectivity index (χ2n) is 16.6. The van der Waals surface area contributed by atoms with E-state index in [0.717, 1.165) is 60.8 Å². The van der Waals surface area contributed by atoms with Gasteiger partial charge in [0.25, 0.3) is 0 Å². The van der Waals surface area contributed by atoms with Gasteiger partial charge in [-0.15, -0.1) is 0 Å². The molecule has 0 aromatic heterocycles. The summed E-state index contributed by atoms with van der Waals surface area (Å²) in [7, 11) is 0. The Hall–Kier alpha value is -2.68. The standard InChI is InChI=1S/C31H25O2.C5H5.Fe/c32-30(24-14-5-1-6-15-24,25-16-7-2-8-17-25)28-22-13-23-29(28)31(33,26-18-9-3-10-19-26)27-20-11-4-12-21-27;1-2-4-5-3-1;/h1-23,32-33H;1-5H;. The van der Waals surface area contributed by atoms with Crippen LogP contribution in [0.1, 0.15) is 22.3 Å². The molecule has 14 rings (SSSR count). The van der Waals surface area contributed by atoms with E-state index in [1.807, 2.05) is 0 Å². The first-order chi connectivity index (χ1) is 18.9. The van der Waals surface area contributed by atoms with Crippen molar-refractivity contribution in [1.29, 1.82) is 0 Å². The molecular formula is C36H30FeO2. The number of aliphatic hydroxyl groups is 2. The van der Waals surface area contributed by atoms with Crippen molar-refractivity contribution >= 4 is 0 Å². The van der Waals surface area contributed by atoms with Crippen LogP contribution in [-0.4, -0.2) is 10.2 Å². The van der Waals surface area contributed by atoms with Gasteiger partial charge in [-0.05, 0) is 0 Å². The van der Waals surface area contributed by atoms with Crippen LogP contribution in [0.3, 0.4) is 0 Å². The van der Waals surface area contributed by atoms with Crippen LogP contribution in [0.15, 0.2) is 121 Å². The Morgan fingerprint density at radius 2 is 0.667 bits per heavy atom. The van der Waals surface area contributed by atoms with Crippen LogP contribution in [0.5, 0.6) is 0 Å². The Morgan fingerprint density at radius 1 is 0.410 bits per heavy atom. The van der Waals surface area contributed by atoms with Gasteiger partial charge < -0.3 is 0 Å². The molecule has 0 amide bonds. The molecule has 4 aromatic carbocycles. The first-order valence-corrected chi connectivity index (χ1v) is 20.9. The van der Waals surface area contributed by atoms with E-state index in [1.54, 1.807) is 0 Å². The van der Waals surface area contributed by atoms with Crippen molar-refractivity contribution in [3.8, 4) is 0 Å². The fraction of sp³-hybridized carbons (Fsp3) is 0.333. The maximum absolute atomic E-state index is 13.9. The molecule has 10 aliphatic heterocycles. The molecular weight excluding hydrogens is 520 g/mol. The summed E-state index contributed by atoms with van der Waals surface area (Å²) in [6.07, 6.45) is 0. The van der Waals surface area contributed by atoms with Crippen molar-refractivity contribution in [2.75, 3.05) is 0 Å². The summed E-state index contributed by atoms with van der Waals surface area (Å²) >= 11 is 0. The zero-order valence-corrected chi connectivity index (χ0v) is 22.5. The van der Waals surface area contributed by atoms with Crippen LogP contribution in [0.4, 0.5) is 0 Å². The number of rotatable bonds is 6. The summed E-state index contributed by atoms with van der Waals surface area (Å²) in [5.41, 5.74) is 2.13. The second-order valence-corrected chi connectivity index (χ2v) is 39.8. The van der Waals surface area contributed by atoms with E-state index >= 15 is 0 Å². The third-order valence-corrected chi connectivity index (χ3v) is 63.7. The minimum absolute atomic E-state index is 0.151. The van der Waals surface area contributed by atoms with E-state index in [-0.39, 0.29) is 8.63 Å². The summed E-state index contributed by atoms with van der Waals surface area (Å²) in [4.78, 5) is 6.84. The molecule has 0 saturated carbocycles. The number of hydrogen-bond acceptors (Lipinski definition) is 2. The van der Waals surface area contributed by atoms with Gasteiger partial charge in [-0.1, -0.05) is 0 Å². The topological polar surface area (TPSA) is 40.5 Å². The first kappa shape index (κ1) is 18.6. The van der Waals surface area contributed by atoms with Gasteiger partial charge in [0.2, 0.25) is 0 Å². The molecule has 2 nitrogen and oxygen atoms in total. The van der Waals surface area contributed by atoms with Crippen LogP contribution in [0, 0.1) is 0 Å². The van der Waals surface area contributed by atoms with Gasteiger partial charge in [0.1, 0.15) is 0 Å². The number of hydrogen-bond donors (Lipinski definition) is 2. The normalized spacial score (nSPS) is 61.1. The third-order valence-electron chi connectivity index (χ3n) is 20.7. The van der Waals surface area contributed by atoms with E-state index < -0.39 is 17.7 Å². The first-order valence-electron chi connectivity index (χ1n) is 14.7. The maximum atomic E-state index is 13.9. The molecule has 3 heteroatoms. The quantitative estimate of drug-likeness (QED) is 0.239. The van der Waals surface area contributed by atoms with Gasteiger partial charge in [0.05, 0.1) is 0 Å². The Kier molecular flexibility index (Phi) is 1.33. The van der Waals surface area contributed by atoms with Crippen molar-refractivity contribution in [3.05, 3.63) is 144 Å². The van der Waals surface area contributed by atoms with Gasteiger partial charge in [0, 0.05) is 0 Å². The summed E-state index contributed by atoms with van der Waals surface area (Å²) in [5.74, 6) is 0. The molecule has 0 radical (unpaired) electrons. The molecule has 4 unspecified atom stereocenters. The van der Waals surface area contributed by atoms with Gasteiger partial charge in [0.15, 0.2) is 0 Å². The summed E-state index contributed by atoms with van der Waals surface area (Å²) in [6.45, 7) is -4.57. The van der Waals surface area contributed by atoms with Crippen molar-refractivity contribution in [2.24, 2.45) is 0 Å². The molecule has 10 aliphatic rings. The van der Waals surface area contributed by atoms with Gasteiger partial charge in [-0.2, -0.15) is 0 Å². The molecule has 10 fully saturated rings. The molecule has 10 saturated heterocycles. The fourth-order valence-electron chi connectivity index (χ4n) is 22.5. The van der Waals surface area contributed by atoms with Crippen LogP contribution >= 0.6 is 0 Å². The van der Waals surface area contributed by atoms with Crippen LogP contribution in [-0.2, 0) is 17.7 Å². The fourth-order valence-corrected chi connectivity index (χ4v) is 100. The van der Waals surface area contributed by atoms with Crippen LogP contribution in [0.25, 0.3) is 0 Å². The summed E-state index contributed by atoms with van der Waals surface area (Å²) in [6, 6.07) is 42.7. The average molecular weight is 550 g/mol. The van der Waals surface area contributed by atoms with Gasteiger partial charge >= 0.3 is 219 Å². The van der Waals surface area contributed by atoms with Crippen molar-refractivity contribution in [3.63, 3.8) is 0 Å². The molecule has 1 spiro atoms. The molecule has 39 heavy (non-hydrogen) atoms. The second kappa shape index (κ2) is 2.78.